The van der Waals surface area contributed by atoms with Crippen LogP contribution in [0.4, 0.5) is 11.4 Å². The van der Waals surface area contributed by atoms with Crippen molar-refractivity contribution in [2.45, 2.75) is 6.54 Å². The van der Waals surface area contributed by atoms with E-state index >= 15 is 0 Å². The van der Waals surface area contributed by atoms with E-state index in [2.05, 4.69) is 0 Å². The number of likely N-dealkylation sites (N-methyl/N-ethyl adjacent to an activating group) is 1. The van der Waals surface area contributed by atoms with Gasteiger partial charge >= 0.3 is 5.69 Å². The van der Waals surface area contributed by atoms with Gasteiger partial charge in [0.05, 0.1) is 4.92 Å². The Hall–Kier alpha value is -3.23. The molecule has 1 amide bonds. The third-order valence-electron chi connectivity index (χ3n) is 3.35. The van der Waals surface area contributed by atoms with Gasteiger partial charge in [0.15, 0.2) is 0 Å². The highest BCUT2D eigenvalue weighted by molar-refractivity contribution is 5.92. The molecule has 120 valence electrons. The van der Waals surface area contributed by atoms with Gasteiger partial charge in [0.2, 0.25) is 5.91 Å². The van der Waals surface area contributed by atoms with E-state index in [1.54, 1.807) is 0 Å². The Morgan fingerprint density at radius 3 is 2.39 bits per heavy atom. The number of carbonyl (C=O) groups excluding carboxylic acids is 1. The number of aryl methyl sites for hydroxylation is 1. The molecule has 2 aromatic rings. The predicted octanol–water partition coefficient (Wildman–Crippen LogP) is 0.118. The number of nitro benzene ring substituents is 1. The molecule has 0 radical (unpaired) electrons. The van der Waals surface area contributed by atoms with Crippen molar-refractivity contribution in [3.05, 3.63) is 67.5 Å². The molecule has 9 heteroatoms. The van der Waals surface area contributed by atoms with Crippen molar-refractivity contribution in [1.29, 1.82) is 0 Å². The molecule has 23 heavy (non-hydrogen) atoms. The minimum absolute atomic E-state index is 0.0947. The Morgan fingerprint density at radius 2 is 1.83 bits per heavy atom. The summed E-state index contributed by atoms with van der Waals surface area (Å²) in [5.74, 6) is -0.496. The van der Waals surface area contributed by atoms with E-state index in [0.717, 1.165) is 4.57 Å². The zero-order valence-corrected chi connectivity index (χ0v) is 12.5. The summed E-state index contributed by atoms with van der Waals surface area (Å²) in [6, 6.07) is 6.57. The summed E-state index contributed by atoms with van der Waals surface area (Å²) in [4.78, 5) is 47.1. The van der Waals surface area contributed by atoms with E-state index in [9.17, 15) is 24.5 Å². The van der Waals surface area contributed by atoms with E-state index < -0.39 is 28.6 Å². The van der Waals surface area contributed by atoms with Gasteiger partial charge in [-0.05, 0) is 12.1 Å². The molecule has 0 fully saturated rings. The van der Waals surface area contributed by atoms with Crippen molar-refractivity contribution < 1.29 is 9.72 Å². The van der Waals surface area contributed by atoms with Gasteiger partial charge in [0.25, 0.3) is 11.2 Å². The Balaban J connectivity index is 2.24. The Bertz CT molecular complexity index is 866. The first kappa shape index (κ1) is 16.1. The van der Waals surface area contributed by atoms with Gasteiger partial charge < -0.3 is 9.47 Å². The smallest absolute Gasteiger partial charge is 0.314 e. The normalized spacial score (nSPS) is 10.3. The van der Waals surface area contributed by atoms with Crippen molar-refractivity contribution in [2.24, 2.45) is 7.05 Å². The SMILES string of the molecule is CN(C(=O)Cn1c(=O)ccn(C)c1=O)c1ccc([N+](=O)[O-])cc1. The predicted molar refractivity (Wildman–Crippen MR) is 82.4 cm³/mol. The summed E-state index contributed by atoms with van der Waals surface area (Å²) >= 11 is 0. The van der Waals surface area contributed by atoms with E-state index in [0.29, 0.717) is 5.69 Å². The van der Waals surface area contributed by atoms with Crippen LogP contribution in [0.2, 0.25) is 0 Å². The molecule has 0 aliphatic heterocycles. The Labute approximate surface area is 130 Å². The van der Waals surface area contributed by atoms with Crippen molar-refractivity contribution >= 4 is 17.3 Å². The second kappa shape index (κ2) is 6.26. The fraction of sp³-hybridized carbons (Fsp3) is 0.214. The van der Waals surface area contributed by atoms with E-state index in [-0.39, 0.29) is 5.69 Å². The number of aromatic nitrogens is 2. The molecular formula is C14H14N4O5. The van der Waals surface area contributed by atoms with Gasteiger partial charge in [-0.25, -0.2) is 4.79 Å². The first-order valence-electron chi connectivity index (χ1n) is 6.58. The molecule has 2 rings (SSSR count). The van der Waals surface area contributed by atoms with Gasteiger partial charge in [-0.15, -0.1) is 0 Å². The summed E-state index contributed by atoms with van der Waals surface area (Å²) in [6.07, 6.45) is 1.33. The zero-order valence-electron chi connectivity index (χ0n) is 12.5. The summed E-state index contributed by atoms with van der Waals surface area (Å²) in [6.45, 7) is -0.417. The molecule has 0 aliphatic rings. The highest BCUT2D eigenvalue weighted by Gasteiger charge is 2.15. The zero-order chi connectivity index (χ0) is 17.1. The van der Waals surface area contributed by atoms with Crippen molar-refractivity contribution in [3.63, 3.8) is 0 Å². The van der Waals surface area contributed by atoms with Crippen LogP contribution in [-0.2, 0) is 18.4 Å². The third-order valence-corrected chi connectivity index (χ3v) is 3.35. The molecule has 0 saturated carbocycles. The molecule has 0 bridgehead atoms. The summed E-state index contributed by atoms with van der Waals surface area (Å²) in [5, 5.41) is 10.6. The van der Waals surface area contributed by atoms with Crippen molar-refractivity contribution in [2.75, 3.05) is 11.9 Å². The van der Waals surface area contributed by atoms with Gasteiger partial charge in [0.1, 0.15) is 6.54 Å². The molecule has 0 unspecified atom stereocenters. The van der Waals surface area contributed by atoms with Gasteiger partial charge in [-0.1, -0.05) is 0 Å². The number of rotatable bonds is 4. The van der Waals surface area contributed by atoms with Crippen LogP contribution in [0.15, 0.2) is 46.1 Å². The summed E-state index contributed by atoms with van der Waals surface area (Å²) in [7, 11) is 2.94. The molecule has 1 aromatic heterocycles. The molecule has 0 N–H and O–H groups in total. The maximum Gasteiger partial charge on any atom is 0.331 e. The average molecular weight is 318 g/mol. The monoisotopic (exact) mass is 318 g/mol. The summed E-state index contributed by atoms with van der Waals surface area (Å²) < 4.78 is 2.02. The lowest BCUT2D eigenvalue weighted by atomic mass is 10.2. The first-order chi connectivity index (χ1) is 10.8. The van der Waals surface area contributed by atoms with Crippen LogP contribution in [0.1, 0.15) is 0 Å². The second-order valence-electron chi connectivity index (χ2n) is 4.86. The lowest BCUT2D eigenvalue weighted by molar-refractivity contribution is -0.384. The van der Waals surface area contributed by atoms with Crippen LogP contribution in [0.5, 0.6) is 0 Å². The highest BCUT2D eigenvalue weighted by atomic mass is 16.6. The number of carbonyl (C=O) groups is 1. The number of hydrogen-bond acceptors (Lipinski definition) is 5. The van der Waals surface area contributed by atoms with Crippen LogP contribution >= 0.6 is 0 Å². The summed E-state index contributed by atoms with van der Waals surface area (Å²) in [5.41, 5.74) is -0.842. The largest absolute Gasteiger partial charge is 0.331 e. The van der Waals surface area contributed by atoms with E-state index in [1.165, 1.54) is 60.1 Å². The van der Waals surface area contributed by atoms with Crippen LogP contribution in [-0.4, -0.2) is 27.0 Å². The minimum atomic E-state index is -0.594. The average Bonchev–Trinajstić information content (AvgIpc) is 2.54. The molecular weight excluding hydrogens is 304 g/mol. The van der Waals surface area contributed by atoms with Crippen molar-refractivity contribution in [1.82, 2.24) is 9.13 Å². The third kappa shape index (κ3) is 3.34. The number of non-ortho nitro benzene ring substituents is 1. The lowest BCUT2D eigenvalue weighted by Gasteiger charge is -2.17. The second-order valence-corrected chi connectivity index (χ2v) is 4.86. The van der Waals surface area contributed by atoms with E-state index in [4.69, 9.17) is 0 Å². The molecule has 0 aliphatic carbocycles. The van der Waals surface area contributed by atoms with E-state index in [1.807, 2.05) is 0 Å². The lowest BCUT2D eigenvalue weighted by Crippen LogP contribution is -2.42. The highest BCUT2D eigenvalue weighted by Crippen LogP contribution is 2.18. The van der Waals surface area contributed by atoms with Crippen LogP contribution in [0.25, 0.3) is 0 Å². The number of benzene rings is 1. The maximum absolute atomic E-state index is 12.2. The number of amides is 1. The maximum atomic E-state index is 12.2. The van der Waals surface area contributed by atoms with Gasteiger partial charge in [0, 0.05) is 44.2 Å². The Morgan fingerprint density at radius 1 is 1.22 bits per heavy atom. The number of nitrogens with zero attached hydrogens (tertiary/aromatic N) is 4. The topological polar surface area (TPSA) is 107 Å². The molecule has 9 nitrogen and oxygen atoms in total. The van der Waals surface area contributed by atoms with Crippen LogP contribution in [0, 0.1) is 10.1 Å². The quantitative estimate of drug-likeness (QED) is 0.587. The standard InChI is InChI=1S/C14H14N4O5/c1-15-8-7-12(19)17(14(15)21)9-13(20)16(2)10-3-5-11(6-4-10)18(22)23/h3-8H,9H2,1-2H3. The molecule has 0 atom stereocenters. The minimum Gasteiger partial charge on any atom is -0.314 e. The fourth-order valence-corrected chi connectivity index (χ4v) is 1.94. The number of anilines is 1. The molecule has 0 spiro atoms. The van der Waals surface area contributed by atoms with Crippen molar-refractivity contribution in [3.8, 4) is 0 Å². The molecule has 1 aromatic carbocycles. The fourth-order valence-electron chi connectivity index (χ4n) is 1.94. The molecule has 1 heterocycles. The van der Waals surface area contributed by atoms with Gasteiger partial charge in [-0.3, -0.25) is 24.3 Å². The first-order valence-corrected chi connectivity index (χ1v) is 6.58. The van der Waals surface area contributed by atoms with Gasteiger partial charge in [-0.2, -0.15) is 0 Å². The number of nitro groups is 1. The molecule has 0 saturated heterocycles. The van der Waals surface area contributed by atoms with Crippen LogP contribution < -0.4 is 16.1 Å². The van der Waals surface area contributed by atoms with Crippen LogP contribution in [0.3, 0.4) is 0 Å². The number of hydrogen-bond donors (Lipinski definition) is 0. The Kier molecular flexibility index (Phi) is 4.39.